The molecule has 1 fully saturated rings. The second-order valence-corrected chi connectivity index (χ2v) is 6.58. The highest BCUT2D eigenvalue weighted by Crippen LogP contribution is 2.32. The van der Waals surface area contributed by atoms with E-state index in [1.165, 1.54) is 31.2 Å². The third kappa shape index (κ3) is 4.03. The van der Waals surface area contributed by atoms with Gasteiger partial charge in [-0.3, -0.25) is 0 Å². The van der Waals surface area contributed by atoms with Gasteiger partial charge in [-0.1, -0.05) is 50.5 Å². The Morgan fingerprint density at radius 1 is 1.33 bits per heavy atom. The van der Waals surface area contributed by atoms with Crippen molar-refractivity contribution in [3.63, 3.8) is 0 Å². The number of thioether (sulfide) groups is 1. The van der Waals surface area contributed by atoms with E-state index in [2.05, 4.69) is 31.2 Å². The molecule has 0 saturated heterocycles. The van der Waals surface area contributed by atoms with Crippen LogP contribution >= 0.6 is 11.8 Å². The molecule has 100 valence electrons. The van der Waals surface area contributed by atoms with Gasteiger partial charge in [0.15, 0.2) is 0 Å². The SMILES string of the molecule is CCCc1cccc(C(O)CSC2CCCC2)c1. The second kappa shape index (κ2) is 7.20. The van der Waals surface area contributed by atoms with E-state index in [-0.39, 0.29) is 6.10 Å². The smallest absolute Gasteiger partial charge is 0.0880 e. The third-order valence-corrected chi connectivity index (χ3v) is 5.12. The molecule has 2 rings (SSSR count). The Hall–Kier alpha value is -0.470. The predicted octanol–water partition coefficient (Wildman–Crippen LogP) is 4.35. The Balaban J connectivity index is 1.86. The molecule has 0 bridgehead atoms. The molecular formula is C16H24OS. The average Bonchev–Trinajstić information content (AvgIpc) is 2.90. The largest absolute Gasteiger partial charge is 0.388 e. The first kappa shape index (κ1) is 14.0. The van der Waals surface area contributed by atoms with Crippen LogP contribution in [0.25, 0.3) is 0 Å². The van der Waals surface area contributed by atoms with E-state index in [9.17, 15) is 5.11 Å². The Morgan fingerprint density at radius 3 is 2.83 bits per heavy atom. The van der Waals surface area contributed by atoms with E-state index in [0.29, 0.717) is 0 Å². The highest BCUT2D eigenvalue weighted by atomic mass is 32.2. The van der Waals surface area contributed by atoms with Crippen molar-refractivity contribution in [1.82, 2.24) is 0 Å². The van der Waals surface area contributed by atoms with Gasteiger partial charge < -0.3 is 5.11 Å². The van der Waals surface area contributed by atoms with Gasteiger partial charge in [0.2, 0.25) is 0 Å². The van der Waals surface area contributed by atoms with Crippen LogP contribution < -0.4 is 0 Å². The summed E-state index contributed by atoms with van der Waals surface area (Å²) in [6, 6.07) is 8.45. The molecule has 0 radical (unpaired) electrons. The molecule has 0 aliphatic heterocycles. The van der Waals surface area contributed by atoms with Crippen molar-refractivity contribution in [1.29, 1.82) is 0 Å². The molecular weight excluding hydrogens is 240 g/mol. The van der Waals surface area contributed by atoms with Crippen molar-refractivity contribution < 1.29 is 5.11 Å². The van der Waals surface area contributed by atoms with Crippen LogP contribution in [0, 0.1) is 0 Å². The number of rotatable bonds is 6. The summed E-state index contributed by atoms with van der Waals surface area (Å²) in [5.41, 5.74) is 2.44. The summed E-state index contributed by atoms with van der Waals surface area (Å²) in [4.78, 5) is 0. The summed E-state index contributed by atoms with van der Waals surface area (Å²) < 4.78 is 0. The monoisotopic (exact) mass is 264 g/mol. The molecule has 1 aliphatic carbocycles. The van der Waals surface area contributed by atoms with Crippen LogP contribution in [0.1, 0.15) is 56.3 Å². The van der Waals surface area contributed by atoms with E-state index in [4.69, 9.17) is 0 Å². The summed E-state index contributed by atoms with van der Waals surface area (Å²) in [7, 11) is 0. The first-order chi connectivity index (χ1) is 8.79. The second-order valence-electron chi connectivity index (χ2n) is 5.25. The minimum absolute atomic E-state index is 0.299. The standard InChI is InChI=1S/C16H24OS/c1-2-6-13-7-5-8-14(11-13)16(17)12-18-15-9-3-4-10-15/h5,7-8,11,15-17H,2-4,6,9-10,12H2,1H3. The number of benzene rings is 1. The quantitative estimate of drug-likeness (QED) is 0.824. The lowest BCUT2D eigenvalue weighted by molar-refractivity contribution is 0.204. The number of hydrogen-bond acceptors (Lipinski definition) is 2. The fourth-order valence-corrected chi connectivity index (χ4v) is 3.94. The summed E-state index contributed by atoms with van der Waals surface area (Å²) in [6.07, 6.45) is 7.40. The van der Waals surface area contributed by atoms with Gasteiger partial charge in [-0.25, -0.2) is 0 Å². The van der Waals surface area contributed by atoms with Gasteiger partial charge in [-0.05, 0) is 30.4 Å². The number of aryl methyl sites for hydroxylation is 1. The molecule has 0 aromatic heterocycles. The van der Waals surface area contributed by atoms with Gasteiger partial charge >= 0.3 is 0 Å². The van der Waals surface area contributed by atoms with E-state index >= 15 is 0 Å². The zero-order valence-corrected chi connectivity index (χ0v) is 12.1. The van der Waals surface area contributed by atoms with Crippen LogP contribution in [0.15, 0.2) is 24.3 Å². The van der Waals surface area contributed by atoms with Crippen LogP contribution in [0.4, 0.5) is 0 Å². The molecule has 1 aliphatic rings. The molecule has 0 heterocycles. The van der Waals surface area contributed by atoms with Crippen molar-refractivity contribution in [3.8, 4) is 0 Å². The third-order valence-electron chi connectivity index (χ3n) is 3.67. The predicted molar refractivity (Wildman–Crippen MR) is 80.1 cm³/mol. The van der Waals surface area contributed by atoms with Crippen LogP contribution in [0.2, 0.25) is 0 Å². The normalized spacial score (nSPS) is 18.1. The number of aliphatic hydroxyl groups is 1. The van der Waals surface area contributed by atoms with Gasteiger partial charge in [0.25, 0.3) is 0 Å². The lowest BCUT2D eigenvalue weighted by atomic mass is 10.0. The zero-order chi connectivity index (χ0) is 12.8. The first-order valence-corrected chi connectivity index (χ1v) is 8.23. The maximum absolute atomic E-state index is 10.3. The molecule has 1 aromatic carbocycles. The van der Waals surface area contributed by atoms with Crippen LogP contribution in [0.3, 0.4) is 0 Å². The average molecular weight is 264 g/mol. The van der Waals surface area contributed by atoms with E-state index in [1.54, 1.807) is 0 Å². The Bertz CT molecular complexity index is 358. The van der Waals surface area contributed by atoms with Gasteiger partial charge in [0.1, 0.15) is 0 Å². The van der Waals surface area contributed by atoms with Crippen LogP contribution in [-0.2, 0) is 6.42 Å². The molecule has 1 saturated carbocycles. The summed E-state index contributed by atoms with van der Waals surface area (Å²) >= 11 is 1.96. The lowest BCUT2D eigenvalue weighted by Crippen LogP contribution is -2.05. The minimum atomic E-state index is -0.299. The molecule has 0 spiro atoms. The molecule has 1 atom stereocenters. The summed E-state index contributed by atoms with van der Waals surface area (Å²) in [6.45, 7) is 2.19. The molecule has 1 N–H and O–H groups in total. The van der Waals surface area contributed by atoms with Gasteiger partial charge in [-0.2, -0.15) is 11.8 Å². The lowest BCUT2D eigenvalue weighted by Gasteiger charge is -2.15. The minimum Gasteiger partial charge on any atom is -0.388 e. The Labute approximate surface area is 115 Å². The van der Waals surface area contributed by atoms with Crippen molar-refractivity contribution in [2.75, 3.05) is 5.75 Å². The zero-order valence-electron chi connectivity index (χ0n) is 11.3. The molecule has 18 heavy (non-hydrogen) atoms. The van der Waals surface area contributed by atoms with E-state index < -0.39 is 0 Å². The maximum Gasteiger partial charge on any atom is 0.0880 e. The van der Waals surface area contributed by atoms with Crippen molar-refractivity contribution in [2.24, 2.45) is 0 Å². The van der Waals surface area contributed by atoms with Gasteiger partial charge in [-0.15, -0.1) is 0 Å². The van der Waals surface area contributed by atoms with Gasteiger partial charge in [0.05, 0.1) is 6.10 Å². The molecule has 2 heteroatoms. The van der Waals surface area contributed by atoms with Crippen LogP contribution in [-0.4, -0.2) is 16.1 Å². The fourth-order valence-electron chi connectivity index (χ4n) is 2.62. The summed E-state index contributed by atoms with van der Waals surface area (Å²) in [5, 5.41) is 11.0. The Morgan fingerprint density at radius 2 is 2.11 bits per heavy atom. The van der Waals surface area contributed by atoms with Crippen LogP contribution in [0.5, 0.6) is 0 Å². The topological polar surface area (TPSA) is 20.2 Å². The molecule has 1 nitrogen and oxygen atoms in total. The highest BCUT2D eigenvalue weighted by molar-refractivity contribution is 7.99. The summed E-state index contributed by atoms with van der Waals surface area (Å²) in [5.74, 6) is 0.847. The Kier molecular flexibility index (Phi) is 5.58. The molecule has 0 amide bonds. The number of aliphatic hydroxyl groups excluding tert-OH is 1. The van der Waals surface area contributed by atoms with Crippen molar-refractivity contribution in [2.45, 2.75) is 56.8 Å². The molecule has 1 aromatic rings. The van der Waals surface area contributed by atoms with Crippen molar-refractivity contribution >= 4 is 11.8 Å². The highest BCUT2D eigenvalue weighted by Gasteiger charge is 2.17. The molecule has 1 unspecified atom stereocenters. The van der Waals surface area contributed by atoms with Crippen molar-refractivity contribution in [3.05, 3.63) is 35.4 Å². The fraction of sp³-hybridized carbons (Fsp3) is 0.625. The van der Waals surface area contributed by atoms with E-state index in [1.807, 2.05) is 11.8 Å². The number of hydrogen-bond donors (Lipinski definition) is 1. The maximum atomic E-state index is 10.3. The van der Waals surface area contributed by atoms with E-state index in [0.717, 1.165) is 29.4 Å². The first-order valence-electron chi connectivity index (χ1n) is 7.18. The van der Waals surface area contributed by atoms with Gasteiger partial charge in [0, 0.05) is 11.0 Å².